The second kappa shape index (κ2) is 10.1. The van der Waals surface area contributed by atoms with Gasteiger partial charge in [0.15, 0.2) is 11.5 Å². The minimum Gasteiger partial charge on any atom is -0.454 e. The van der Waals surface area contributed by atoms with Crippen LogP contribution in [0.25, 0.3) is 0 Å². The fourth-order valence-corrected chi connectivity index (χ4v) is 4.41. The lowest BCUT2D eigenvalue weighted by Crippen LogP contribution is -2.51. The van der Waals surface area contributed by atoms with Crippen molar-refractivity contribution in [2.45, 2.75) is 33.4 Å². The molecule has 2 aromatic rings. The molecule has 2 amide bonds. The predicted octanol–water partition coefficient (Wildman–Crippen LogP) is 2.04. The first-order chi connectivity index (χ1) is 15.6. The molecule has 3 rings (SSSR count). The van der Waals surface area contributed by atoms with Gasteiger partial charge in [0.05, 0.1) is 11.9 Å². The lowest BCUT2D eigenvalue weighted by molar-refractivity contribution is -0.139. The van der Waals surface area contributed by atoms with Crippen molar-refractivity contribution in [2.75, 3.05) is 30.4 Å². The van der Waals surface area contributed by atoms with Crippen LogP contribution in [0.15, 0.2) is 42.5 Å². The van der Waals surface area contributed by atoms with Crippen LogP contribution in [-0.2, 0) is 26.2 Å². The van der Waals surface area contributed by atoms with Crippen LogP contribution in [0.3, 0.4) is 0 Å². The van der Waals surface area contributed by atoms with Crippen molar-refractivity contribution in [3.63, 3.8) is 0 Å². The van der Waals surface area contributed by atoms with Gasteiger partial charge in [-0.3, -0.25) is 13.9 Å². The third-order valence-corrected chi connectivity index (χ3v) is 6.42. The number of fused-ring (bicyclic) bond motifs is 1. The average Bonchev–Trinajstić information content (AvgIpc) is 3.22. The quantitative estimate of drug-likeness (QED) is 0.595. The minimum absolute atomic E-state index is 0.0465. The van der Waals surface area contributed by atoms with E-state index in [4.69, 9.17) is 9.47 Å². The molecule has 0 spiro atoms. The molecule has 33 heavy (non-hydrogen) atoms. The number of carbonyl (C=O) groups is 2. The van der Waals surface area contributed by atoms with E-state index in [1.54, 1.807) is 26.0 Å². The molecule has 0 saturated carbocycles. The van der Waals surface area contributed by atoms with Crippen LogP contribution >= 0.6 is 0 Å². The molecule has 1 aliphatic rings. The maximum absolute atomic E-state index is 13.4. The highest BCUT2D eigenvalue weighted by molar-refractivity contribution is 7.92. The first-order valence-corrected chi connectivity index (χ1v) is 12.4. The van der Waals surface area contributed by atoms with Crippen molar-refractivity contribution in [3.8, 4) is 11.5 Å². The number of hydrogen-bond donors (Lipinski definition) is 1. The van der Waals surface area contributed by atoms with E-state index in [2.05, 4.69) is 5.32 Å². The van der Waals surface area contributed by atoms with Crippen LogP contribution in [0.4, 0.5) is 5.69 Å². The fourth-order valence-electron chi connectivity index (χ4n) is 3.57. The molecule has 178 valence electrons. The molecule has 0 aromatic heterocycles. The van der Waals surface area contributed by atoms with E-state index < -0.39 is 28.5 Å². The van der Waals surface area contributed by atoms with Gasteiger partial charge < -0.3 is 19.7 Å². The molecule has 0 aliphatic carbocycles. The van der Waals surface area contributed by atoms with Crippen LogP contribution in [0.2, 0.25) is 0 Å². The monoisotopic (exact) mass is 475 g/mol. The second-order valence-corrected chi connectivity index (χ2v) is 9.80. The summed E-state index contributed by atoms with van der Waals surface area (Å²) < 4.78 is 36.8. The van der Waals surface area contributed by atoms with Gasteiger partial charge in [0.25, 0.3) is 0 Å². The van der Waals surface area contributed by atoms with Gasteiger partial charge in [-0.1, -0.05) is 29.8 Å². The second-order valence-electron chi connectivity index (χ2n) is 7.89. The summed E-state index contributed by atoms with van der Waals surface area (Å²) in [7, 11) is -3.81. The van der Waals surface area contributed by atoms with Gasteiger partial charge in [-0.15, -0.1) is 0 Å². The highest BCUT2D eigenvalue weighted by Gasteiger charge is 2.30. The van der Waals surface area contributed by atoms with Gasteiger partial charge in [0.2, 0.25) is 28.6 Å². The summed E-state index contributed by atoms with van der Waals surface area (Å²) in [5.41, 5.74) is 2.13. The average molecular weight is 476 g/mol. The number of ether oxygens (including phenoxy) is 2. The third-order valence-electron chi connectivity index (χ3n) is 5.28. The number of benzene rings is 2. The largest absolute Gasteiger partial charge is 0.454 e. The molecule has 0 fully saturated rings. The van der Waals surface area contributed by atoms with E-state index in [-0.39, 0.29) is 24.9 Å². The molecule has 1 N–H and O–H groups in total. The first kappa shape index (κ1) is 24.4. The van der Waals surface area contributed by atoms with Crippen LogP contribution in [-0.4, -0.2) is 57.3 Å². The van der Waals surface area contributed by atoms with E-state index >= 15 is 0 Å². The van der Waals surface area contributed by atoms with Crippen molar-refractivity contribution < 1.29 is 27.5 Å². The Morgan fingerprint density at radius 2 is 1.85 bits per heavy atom. The number of aryl methyl sites for hydroxylation is 1. The molecule has 10 heteroatoms. The normalized spacial score (nSPS) is 13.3. The molecule has 0 bridgehead atoms. The number of amides is 2. The van der Waals surface area contributed by atoms with Crippen LogP contribution in [0, 0.1) is 6.92 Å². The summed E-state index contributed by atoms with van der Waals surface area (Å²) >= 11 is 0. The number of nitrogens with one attached hydrogen (secondary N) is 1. The Balaban J connectivity index is 1.91. The Morgan fingerprint density at radius 3 is 2.52 bits per heavy atom. The summed E-state index contributed by atoms with van der Waals surface area (Å²) in [6.07, 6.45) is 1.03. The minimum atomic E-state index is -3.81. The molecule has 9 nitrogen and oxygen atoms in total. The Morgan fingerprint density at radius 1 is 1.12 bits per heavy atom. The van der Waals surface area contributed by atoms with Crippen molar-refractivity contribution in [1.82, 2.24) is 10.2 Å². The summed E-state index contributed by atoms with van der Waals surface area (Å²) in [6, 6.07) is 11.5. The molecule has 1 heterocycles. The highest BCUT2D eigenvalue weighted by Crippen LogP contribution is 2.36. The SMILES string of the molecule is CCNC(=O)[C@H](C)N(Cc1cccc(C)c1)C(=O)CN(c1ccc2c(c1)OCO2)S(C)(=O)=O. The third kappa shape index (κ3) is 5.95. The van der Waals surface area contributed by atoms with Gasteiger partial charge in [-0.2, -0.15) is 0 Å². The molecule has 0 radical (unpaired) electrons. The maximum Gasteiger partial charge on any atom is 0.244 e. The number of carbonyl (C=O) groups excluding carboxylic acids is 2. The fraction of sp³-hybridized carbons (Fsp3) is 0.391. The number of sulfonamides is 1. The summed E-state index contributed by atoms with van der Waals surface area (Å²) in [5, 5.41) is 2.73. The zero-order chi connectivity index (χ0) is 24.2. The van der Waals surface area contributed by atoms with Gasteiger partial charge in [-0.25, -0.2) is 8.42 Å². The van der Waals surface area contributed by atoms with Crippen molar-refractivity contribution in [3.05, 3.63) is 53.6 Å². The Kier molecular flexibility index (Phi) is 7.47. The molecule has 0 unspecified atom stereocenters. The summed E-state index contributed by atoms with van der Waals surface area (Å²) in [5.74, 6) is 0.0937. The van der Waals surface area contributed by atoms with Gasteiger partial charge >= 0.3 is 0 Å². The number of anilines is 1. The van der Waals surface area contributed by atoms with Crippen LogP contribution in [0.1, 0.15) is 25.0 Å². The van der Waals surface area contributed by atoms with Gasteiger partial charge in [0.1, 0.15) is 12.6 Å². The molecular formula is C23H29N3O6S. The number of hydrogen-bond acceptors (Lipinski definition) is 6. The van der Waals surface area contributed by atoms with Crippen LogP contribution < -0.4 is 19.1 Å². The zero-order valence-electron chi connectivity index (χ0n) is 19.2. The zero-order valence-corrected chi connectivity index (χ0v) is 20.0. The van der Waals surface area contributed by atoms with E-state index in [0.717, 1.165) is 21.7 Å². The number of nitrogens with zero attached hydrogens (tertiary/aromatic N) is 2. The van der Waals surface area contributed by atoms with Crippen molar-refractivity contribution >= 4 is 27.5 Å². The Hall–Kier alpha value is -3.27. The predicted molar refractivity (Wildman–Crippen MR) is 125 cm³/mol. The molecule has 1 aliphatic heterocycles. The summed E-state index contributed by atoms with van der Waals surface area (Å²) in [4.78, 5) is 27.4. The van der Waals surface area contributed by atoms with Crippen molar-refractivity contribution in [2.24, 2.45) is 0 Å². The molecule has 2 aromatic carbocycles. The lowest BCUT2D eigenvalue weighted by atomic mass is 10.1. The van der Waals surface area contributed by atoms with E-state index in [1.165, 1.54) is 11.0 Å². The first-order valence-electron chi connectivity index (χ1n) is 10.6. The van der Waals surface area contributed by atoms with E-state index in [0.29, 0.717) is 18.0 Å². The maximum atomic E-state index is 13.4. The van der Waals surface area contributed by atoms with Crippen molar-refractivity contribution in [1.29, 1.82) is 0 Å². The molecule has 0 saturated heterocycles. The summed E-state index contributed by atoms with van der Waals surface area (Å²) in [6.45, 7) is 5.53. The topological polar surface area (TPSA) is 105 Å². The Labute approximate surface area is 194 Å². The van der Waals surface area contributed by atoms with Gasteiger partial charge in [-0.05, 0) is 38.5 Å². The highest BCUT2D eigenvalue weighted by atomic mass is 32.2. The van der Waals surface area contributed by atoms with E-state index in [9.17, 15) is 18.0 Å². The smallest absolute Gasteiger partial charge is 0.244 e. The standard InChI is InChI=1S/C23H29N3O6S/c1-5-24-23(28)17(3)25(13-18-8-6-7-16(2)11-18)22(27)14-26(33(4,29)30)19-9-10-20-21(12-19)32-15-31-20/h6-12,17H,5,13-15H2,1-4H3,(H,24,28)/t17-/m0/s1. The molecular weight excluding hydrogens is 446 g/mol. The Bertz CT molecular complexity index is 1130. The molecule has 1 atom stereocenters. The number of rotatable bonds is 9. The lowest BCUT2D eigenvalue weighted by Gasteiger charge is -2.31. The van der Waals surface area contributed by atoms with Crippen LogP contribution in [0.5, 0.6) is 11.5 Å². The van der Waals surface area contributed by atoms with Gasteiger partial charge in [0, 0.05) is 19.2 Å². The number of likely N-dealkylation sites (N-methyl/N-ethyl adjacent to an activating group) is 1. The van der Waals surface area contributed by atoms with E-state index in [1.807, 2.05) is 31.2 Å².